The van der Waals surface area contributed by atoms with Gasteiger partial charge in [-0.2, -0.15) is 0 Å². The van der Waals surface area contributed by atoms with Gasteiger partial charge in [-0.05, 0) is 23.9 Å². The molecule has 19 heavy (non-hydrogen) atoms. The van der Waals surface area contributed by atoms with Crippen LogP contribution in [0.5, 0.6) is 0 Å². The van der Waals surface area contributed by atoms with Gasteiger partial charge in [-0.3, -0.25) is 14.3 Å². The van der Waals surface area contributed by atoms with Gasteiger partial charge in [0.2, 0.25) is 0 Å². The predicted octanol–water partition coefficient (Wildman–Crippen LogP) is 0.207. The zero-order valence-electron chi connectivity index (χ0n) is 10.1. The molecule has 1 aromatic rings. The normalized spacial score (nSPS) is 27.2. The van der Waals surface area contributed by atoms with Gasteiger partial charge in [0.15, 0.2) is 0 Å². The van der Waals surface area contributed by atoms with Crippen molar-refractivity contribution in [1.82, 2.24) is 9.55 Å². The van der Waals surface area contributed by atoms with Gasteiger partial charge >= 0.3 is 5.69 Å². The first-order valence-corrected chi connectivity index (χ1v) is 6.89. The molecule has 2 rings (SSSR count). The Bertz CT molecular complexity index is 592. The van der Waals surface area contributed by atoms with Crippen LogP contribution in [0.15, 0.2) is 20.8 Å². The third-order valence-corrected chi connectivity index (χ3v) is 3.76. The Hall–Kier alpha value is -1.18. The van der Waals surface area contributed by atoms with E-state index in [-0.39, 0.29) is 18.6 Å². The van der Waals surface area contributed by atoms with E-state index in [2.05, 4.69) is 20.9 Å². The highest BCUT2D eigenvalue weighted by Crippen LogP contribution is 2.33. The first-order valence-electron chi connectivity index (χ1n) is 5.98. The number of aromatic nitrogens is 2. The second-order valence-electron chi connectivity index (χ2n) is 4.68. The second kappa shape index (κ2) is 5.85. The Morgan fingerprint density at radius 2 is 2.21 bits per heavy atom. The molecule has 0 radical (unpaired) electrons. The standard InChI is InChI=1S/C12H15BrN2O4/c13-2-1-7-5-15(12(19)14-11(7)18)9-3-8(6-16)10(17)4-9/h1-2,5,8-10,16-17H,3-4,6H2,(H,14,18,19)/b2-1-/t8-,9-,10-/m1/s1. The smallest absolute Gasteiger partial charge is 0.328 e. The molecule has 1 aliphatic rings. The van der Waals surface area contributed by atoms with E-state index in [1.807, 2.05) is 0 Å². The molecule has 3 atom stereocenters. The number of hydrogen-bond donors (Lipinski definition) is 3. The molecular formula is C12H15BrN2O4. The summed E-state index contributed by atoms with van der Waals surface area (Å²) in [6.45, 7) is -0.107. The van der Waals surface area contributed by atoms with Crippen LogP contribution in [0.25, 0.3) is 6.08 Å². The molecule has 0 saturated heterocycles. The fourth-order valence-corrected chi connectivity index (χ4v) is 2.74. The van der Waals surface area contributed by atoms with E-state index in [0.29, 0.717) is 18.4 Å². The molecule has 0 bridgehead atoms. The van der Waals surface area contributed by atoms with Gasteiger partial charge in [-0.15, -0.1) is 0 Å². The maximum absolute atomic E-state index is 11.8. The number of rotatable bonds is 3. The van der Waals surface area contributed by atoms with E-state index in [1.165, 1.54) is 15.7 Å². The van der Waals surface area contributed by atoms with Crippen LogP contribution < -0.4 is 11.2 Å². The largest absolute Gasteiger partial charge is 0.396 e. The van der Waals surface area contributed by atoms with Crippen molar-refractivity contribution >= 4 is 22.0 Å². The molecule has 1 heterocycles. The summed E-state index contributed by atoms with van der Waals surface area (Å²) in [5.74, 6) is -0.223. The zero-order chi connectivity index (χ0) is 14.0. The minimum absolute atomic E-state index is 0.107. The fraction of sp³-hybridized carbons (Fsp3) is 0.500. The molecule has 1 saturated carbocycles. The summed E-state index contributed by atoms with van der Waals surface area (Å²) >= 11 is 3.08. The molecule has 104 valence electrons. The number of halogens is 1. The van der Waals surface area contributed by atoms with Crippen molar-refractivity contribution in [3.63, 3.8) is 0 Å². The summed E-state index contributed by atoms with van der Waals surface area (Å²) < 4.78 is 1.42. The van der Waals surface area contributed by atoms with E-state index in [9.17, 15) is 14.7 Å². The molecule has 0 spiro atoms. The third-order valence-electron chi connectivity index (χ3n) is 3.50. The Morgan fingerprint density at radius 3 is 2.79 bits per heavy atom. The highest BCUT2D eigenvalue weighted by Gasteiger charge is 2.34. The third kappa shape index (κ3) is 2.88. The summed E-state index contributed by atoms with van der Waals surface area (Å²) in [6.07, 6.45) is 3.32. The first kappa shape index (κ1) is 14.2. The SMILES string of the molecule is O=c1[nH]c(=O)n([C@@H]2C[C@H](CO)[C@H](O)C2)cc1/C=C\Br. The lowest BCUT2D eigenvalue weighted by atomic mass is 10.1. The Kier molecular flexibility index (Phi) is 4.38. The average Bonchev–Trinajstić information content (AvgIpc) is 2.74. The highest BCUT2D eigenvalue weighted by atomic mass is 79.9. The van der Waals surface area contributed by atoms with Crippen molar-refractivity contribution in [2.75, 3.05) is 6.61 Å². The van der Waals surface area contributed by atoms with E-state index >= 15 is 0 Å². The van der Waals surface area contributed by atoms with Crippen LogP contribution in [-0.4, -0.2) is 32.5 Å². The van der Waals surface area contributed by atoms with E-state index in [4.69, 9.17) is 5.11 Å². The monoisotopic (exact) mass is 330 g/mol. The molecule has 3 N–H and O–H groups in total. The molecule has 0 unspecified atom stereocenters. The van der Waals surface area contributed by atoms with Crippen LogP contribution in [0.3, 0.4) is 0 Å². The lowest BCUT2D eigenvalue weighted by molar-refractivity contribution is 0.0906. The molecule has 0 amide bonds. The lowest BCUT2D eigenvalue weighted by Gasteiger charge is -2.13. The number of aliphatic hydroxyl groups excluding tert-OH is 2. The molecule has 0 aliphatic heterocycles. The van der Waals surface area contributed by atoms with E-state index in [1.54, 1.807) is 6.08 Å². The maximum Gasteiger partial charge on any atom is 0.328 e. The number of aliphatic hydroxyl groups is 2. The summed E-state index contributed by atoms with van der Waals surface area (Å²) in [5, 5.41) is 18.9. The van der Waals surface area contributed by atoms with Crippen molar-refractivity contribution in [2.45, 2.75) is 25.0 Å². The van der Waals surface area contributed by atoms with E-state index in [0.717, 1.165) is 0 Å². The lowest BCUT2D eigenvalue weighted by Crippen LogP contribution is -2.32. The first-order chi connectivity index (χ1) is 9.06. The molecule has 6 nitrogen and oxygen atoms in total. The Labute approximate surface area is 117 Å². The van der Waals surface area contributed by atoms with Crippen molar-refractivity contribution in [3.8, 4) is 0 Å². The number of aromatic amines is 1. The van der Waals surface area contributed by atoms with Crippen LogP contribution in [0.1, 0.15) is 24.4 Å². The fourth-order valence-electron chi connectivity index (χ4n) is 2.46. The van der Waals surface area contributed by atoms with Crippen molar-refractivity contribution < 1.29 is 10.2 Å². The molecular weight excluding hydrogens is 316 g/mol. The number of hydrogen-bond acceptors (Lipinski definition) is 4. The van der Waals surface area contributed by atoms with Crippen molar-refractivity contribution in [1.29, 1.82) is 0 Å². The van der Waals surface area contributed by atoms with Gasteiger partial charge in [-0.25, -0.2) is 4.79 Å². The Morgan fingerprint density at radius 1 is 1.47 bits per heavy atom. The Balaban J connectivity index is 2.38. The minimum atomic E-state index is -0.621. The number of H-pyrrole nitrogens is 1. The molecule has 1 aliphatic carbocycles. The van der Waals surface area contributed by atoms with Gasteiger partial charge in [0, 0.05) is 24.8 Å². The molecule has 1 fully saturated rings. The van der Waals surface area contributed by atoms with Gasteiger partial charge in [-0.1, -0.05) is 15.9 Å². The van der Waals surface area contributed by atoms with Gasteiger partial charge in [0.1, 0.15) is 0 Å². The summed E-state index contributed by atoms with van der Waals surface area (Å²) in [4.78, 5) is 27.2. The van der Waals surface area contributed by atoms with Crippen LogP contribution in [0.2, 0.25) is 0 Å². The molecule has 0 aromatic carbocycles. The molecule has 7 heteroatoms. The summed E-state index contributed by atoms with van der Waals surface area (Å²) in [7, 11) is 0. The summed E-state index contributed by atoms with van der Waals surface area (Å²) in [5.41, 5.74) is -0.583. The average molecular weight is 331 g/mol. The van der Waals surface area contributed by atoms with Gasteiger partial charge < -0.3 is 10.2 Å². The van der Waals surface area contributed by atoms with Gasteiger partial charge in [0.25, 0.3) is 5.56 Å². The number of nitrogens with one attached hydrogen (secondary N) is 1. The van der Waals surface area contributed by atoms with E-state index < -0.39 is 17.4 Å². The second-order valence-corrected chi connectivity index (χ2v) is 5.21. The maximum atomic E-state index is 11.8. The van der Waals surface area contributed by atoms with Crippen LogP contribution in [-0.2, 0) is 0 Å². The topological polar surface area (TPSA) is 95.3 Å². The molecule has 1 aromatic heterocycles. The van der Waals surface area contributed by atoms with Crippen LogP contribution in [0, 0.1) is 5.92 Å². The highest BCUT2D eigenvalue weighted by molar-refractivity contribution is 9.11. The van der Waals surface area contributed by atoms with Crippen molar-refractivity contribution in [2.24, 2.45) is 5.92 Å². The predicted molar refractivity (Wildman–Crippen MR) is 74.1 cm³/mol. The quantitative estimate of drug-likeness (QED) is 0.738. The number of nitrogens with zero attached hydrogens (tertiary/aromatic N) is 1. The minimum Gasteiger partial charge on any atom is -0.396 e. The van der Waals surface area contributed by atoms with Crippen LogP contribution >= 0.6 is 15.9 Å². The zero-order valence-corrected chi connectivity index (χ0v) is 11.7. The summed E-state index contributed by atoms with van der Waals surface area (Å²) in [6, 6.07) is -0.209. The van der Waals surface area contributed by atoms with Crippen LogP contribution in [0.4, 0.5) is 0 Å². The van der Waals surface area contributed by atoms with Gasteiger partial charge in [0.05, 0.1) is 11.7 Å². The van der Waals surface area contributed by atoms with Crippen molar-refractivity contribution in [3.05, 3.63) is 37.6 Å².